The number of nitro benzene ring substituents is 1. The second kappa shape index (κ2) is 5.64. The van der Waals surface area contributed by atoms with Gasteiger partial charge in [0.2, 0.25) is 0 Å². The highest BCUT2D eigenvalue weighted by molar-refractivity contribution is 5.90. The standard InChI is InChI=1S/C13H11N3O6/c1-7-11(17)10(13(19)20)12(18)15(14-7)6-8-4-2-3-5-9(8)16(21)22/h2-5,17H,6H2,1H3,(H,19,20). The third-order valence-electron chi connectivity index (χ3n) is 3.02. The Bertz CT molecular complexity index is 827. The van der Waals surface area contributed by atoms with E-state index in [1.54, 1.807) is 6.07 Å². The number of aromatic hydroxyl groups is 1. The quantitative estimate of drug-likeness (QED) is 0.633. The van der Waals surface area contributed by atoms with Crippen LogP contribution in [0.2, 0.25) is 0 Å². The van der Waals surface area contributed by atoms with Crippen LogP contribution in [0.25, 0.3) is 0 Å². The lowest BCUT2D eigenvalue weighted by Crippen LogP contribution is -2.30. The minimum Gasteiger partial charge on any atom is -0.505 e. The van der Waals surface area contributed by atoms with Crippen LogP contribution in [0, 0.1) is 17.0 Å². The molecule has 0 bridgehead atoms. The molecule has 2 N–H and O–H groups in total. The summed E-state index contributed by atoms with van der Waals surface area (Å²) in [4.78, 5) is 33.5. The molecule has 0 aliphatic carbocycles. The number of aromatic nitrogens is 2. The minimum absolute atomic E-state index is 0.0596. The molecule has 0 unspecified atom stereocenters. The number of hydrogen-bond acceptors (Lipinski definition) is 6. The Morgan fingerprint density at radius 3 is 2.64 bits per heavy atom. The summed E-state index contributed by atoms with van der Waals surface area (Å²) in [5, 5.41) is 33.3. The monoisotopic (exact) mass is 305 g/mol. The summed E-state index contributed by atoms with van der Waals surface area (Å²) in [5.74, 6) is -2.30. The largest absolute Gasteiger partial charge is 0.505 e. The van der Waals surface area contributed by atoms with E-state index < -0.39 is 27.8 Å². The smallest absolute Gasteiger partial charge is 0.345 e. The summed E-state index contributed by atoms with van der Waals surface area (Å²) in [6.07, 6.45) is 0. The molecule has 1 aromatic carbocycles. The van der Waals surface area contributed by atoms with Gasteiger partial charge in [0, 0.05) is 6.07 Å². The maximum Gasteiger partial charge on any atom is 0.345 e. The van der Waals surface area contributed by atoms with Crippen molar-refractivity contribution in [1.82, 2.24) is 9.78 Å². The Kier molecular flexibility index (Phi) is 3.89. The fraction of sp³-hybridized carbons (Fsp3) is 0.154. The molecule has 2 rings (SSSR count). The molecular weight excluding hydrogens is 294 g/mol. The Morgan fingerprint density at radius 1 is 1.41 bits per heavy atom. The Balaban J connectivity index is 2.59. The lowest BCUT2D eigenvalue weighted by molar-refractivity contribution is -0.385. The third-order valence-corrected chi connectivity index (χ3v) is 3.02. The predicted octanol–water partition coefficient (Wildman–Crippen LogP) is 0.912. The SMILES string of the molecule is Cc1nn(Cc2ccccc2[N+](=O)[O-])c(=O)c(C(=O)O)c1O. The summed E-state index contributed by atoms with van der Waals surface area (Å²) >= 11 is 0. The van der Waals surface area contributed by atoms with Gasteiger partial charge in [0.05, 0.1) is 17.0 Å². The Labute approximate surface area is 123 Å². The summed E-state index contributed by atoms with van der Waals surface area (Å²) < 4.78 is 0.779. The predicted molar refractivity (Wildman–Crippen MR) is 74.1 cm³/mol. The highest BCUT2D eigenvalue weighted by atomic mass is 16.6. The number of nitrogens with zero attached hydrogens (tertiary/aromatic N) is 3. The summed E-state index contributed by atoms with van der Waals surface area (Å²) in [6.45, 7) is 1.05. The zero-order valence-electron chi connectivity index (χ0n) is 11.4. The molecule has 0 aliphatic heterocycles. The van der Waals surface area contributed by atoms with Gasteiger partial charge in [-0.1, -0.05) is 18.2 Å². The van der Waals surface area contributed by atoms with Crippen molar-refractivity contribution in [2.75, 3.05) is 0 Å². The lowest BCUT2D eigenvalue weighted by Gasteiger charge is -2.09. The summed E-state index contributed by atoms with van der Waals surface area (Å²) in [6, 6.07) is 5.74. The van der Waals surface area contributed by atoms with Crippen molar-refractivity contribution in [3.8, 4) is 5.75 Å². The van der Waals surface area contributed by atoms with E-state index in [1.807, 2.05) is 0 Å². The third kappa shape index (κ3) is 2.64. The molecular formula is C13H11N3O6. The first-order chi connectivity index (χ1) is 10.3. The molecule has 0 amide bonds. The Hall–Kier alpha value is -3.23. The van der Waals surface area contributed by atoms with Gasteiger partial charge in [-0.25, -0.2) is 9.48 Å². The Morgan fingerprint density at radius 2 is 2.05 bits per heavy atom. The highest BCUT2D eigenvalue weighted by Crippen LogP contribution is 2.20. The van der Waals surface area contributed by atoms with Gasteiger partial charge >= 0.3 is 5.97 Å². The van der Waals surface area contributed by atoms with Crippen LogP contribution >= 0.6 is 0 Å². The first-order valence-corrected chi connectivity index (χ1v) is 6.09. The second-order valence-corrected chi connectivity index (χ2v) is 4.46. The molecule has 9 heteroatoms. The molecule has 0 atom stereocenters. The summed E-state index contributed by atoms with van der Waals surface area (Å²) in [7, 11) is 0. The molecule has 114 valence electrons. The van der Waals surface area contributed by atoms with E-state index in [1.165, 1.54) is 25.1 Å². The van der Waals surface area contributed by atoms with Crippen molar-refractivity contribution < 1.29 is 19.9 Å². The van der Waals surface area contributed by atoms with Gasteiger partial charge in [0.15, 0.2) is 11.3 Å². The maximum atomic E-state index is 12.1. The average Bonchev–Trinajstić information content (AvgIpc) is 2.45. The van der Waals surface area contributed by atoms with Gasteiger partial charge < -0.3 is 10.2 Å². The van der Waals surface area contributed by atoms with Crippen LogP contribution in [0.15, 0.2) is 29.1 Å². The van der Waals surface area contributed by atoms with Crippen LogP contribution in [0.5, 0.6) is 5.75 Å². The molecule has 0 radical (unpaired) electrons. The van der Waals surface area contributed by atoms with Crippen molar-refractivity contribution in [1.29, 1.82) is 0 Å². The molecule has 1 heterocycles. The van der Waals surface area contributed by atoms with Crippen LogP contribution in [0.4, 0.5) is 5.69 Å². The van der Waals surface area contributed by atoms with E-state index in [-0.39, 0.29) is 23.5 Å². The first kappa shape index (κ1) is 15.2. The topological polar surface area (TPSA) is 136 Å². The van der Waals surface area contributed by atoms with Crippen molar-refractivity contribution in [3.05, 3.63) is 61.6 Å². The zero-order valence-corrected chi connectivity index (χ0v) is 11.4. The first-order valence-electron chi connectivity index (χ1n) is 6.09. The average molecular weight is 305 g/mol. The normalized spacial score (nSPS) is 10.4. The van der Waals surface area contributed by atoms with Crippen molar-refractivity contribution in [3.63, 3.8) is 0 Å². The molecule has 1 aromatic heterocycles. The van der Waals surface area contributed by atoms with E-state index in [0.717, 1.165) is 4.68 Å². The van der Waals surface area contributed by atoms with Crippen molar-refractivity contribution in [2.45, 2.75) is 13.5 Å². The molecule has 0 fully saturated rings. The van der Waals surface area contributed by atoms with E-state index in [2.05, 4.69) is 5.10 Å². The van der Waals surface area contributed by atoms with Gasteiger partial charge in [-0.2, -0.15) is 5.10 Å². The van der Waals surface area contributed by atoms with Gasteiger partial charge in [-0.3, -0.25) is 14.9 Å². The van der Waals surface area contributed by atoms with Gasteiger partial charge in [-0.15, -0.1) is 0 Å². The minimum atomic E-state index is -1.59. The van der Waals surface area contributed by atoms with Crippen LogP contribution in [0.1, 0.15) is 21.6 Å². The van der Waals surface area contributed by atoms with Gasteiger partial charge in [0.25, 0.3) is 11.2 Å². The zero-order chi connectivity index (χ0) is 16.4. The van der Waals surface area contributed by atoms with Crippen LogP contribution in [-0.4, -0.2) is 30.9 Å². The number of carbonyl (C=O) groups is 1. The fourth-order valence-corrected chi connectivity index (χ4v) is 1.97. The highest BCUT2D eigenvalue weighted by Gasteiger charge is 2.22. The van der Waals surface area contributed by atoms with E-state index in [9.17, 15) is 24.8 Å². The number of aromatic carboxylic acids is 1. The molecule has 22 heavy (non-hydrogen) atoms. The summed E-state index contributed by atoms with van der Waals surface area (Å²) in [5.41, 5.74) is -1.92. The fourth-order valence-electron chi connectivity index (χ4n) is 1.97. The van der Waals surface area contributed by atoms with Crippen molar-refractivity contribution >= 4 is 11.7 Å². The van der Waals surface area contributed by atoms with E-state index >= 15 is 0 Å². The molecule has 0 spiro atoms. The number of carboxylic acids is 1. The molecule has 0 saturated heterocycles. The van der Waals surface area contributed by atoms with Crippen LogP contribution < -0.4 is 5.56 Å². The van der Waals surface area contributed by atoms with E-state index in [0.29, 0.717) is 0 Å². The molecule has 0 saturated carbocycles. The molecule has 2 aromatic rings. The van der Waals surface area contributed by atoms with E-state index in [4.69, 9.17) is 5.11 Å². The molecule has 0 aliphatic rings. The van der Waals surface area contributed by atoms with Crippen LogP contribution in [0.3, 0.4) is 0 Å². The number of benzene rings is 1. The van der Waals surface area contributed by atoms with Crippen molar-refractivity contribution in [2.24, 2.45) is 0 Å². The van der Waals surface area contributed by atoms with Crippen LogP contribution in [-0.2, 0) is 6.54 Å². The molecule has 9 nitrogen and oxygen atoms in total. The number of hydrogen-bond donors (Lipinski definition) is 2. The number of para-hydroxylation sites is 1. The second-order valence-electron chi connectivity index (χ2n) is 4.46. The number of rotatable bonds is 4. The number of carboxylic acid groups (broad SMARTS) is 1. The maximum absolute atomic E-state index is 12.1. The van der Waals surface area contributed by atoms with Gasteiger partial charge in [-0.05, 0) is 6.92 Å². The lowest BCUT2D eigenvalue weighted by atomic mass is 10.1. The number of aryl methyl sites for hydroxylation is 1. The number of nitro groups is 1. The van der Waals surface area contributed by atoms with Gasteiger partial charge in [0.1, 0.15) is 5.69 Å².